The van der Waals surface area contributed by atoms with Gasteiger partial charge in [-0.25, -0.2) is 0 Å². The minimum absolute atomic E-state index is 0.158. The van der Waals surface area contributed by atoms with Crippen LogP contribution in [-0.2, 0) is 17.8 Å². The molecule has 0 radical (unpaired) electrons. The molecule has 2 aromatic rings. The lowest BCUT2D eigenvalue weighted by Gasteiger charge is -2.23. The SMILES string of the molecule is COc1ccc(CCN(Cc2cccs2)C(=O)CNC2CC2)cc1OC. The number of carbonyl (C=O) groups is 1. The average molecular weight is 375 g/mol. The first kappa shape index (κ1) is 18.7. The van der Waals surface area contributed by atoms with Gasteiger partial charge in [0, 0.05) is 17.5 Å². The van der Waals surface area contributed by atoms with Gasteiger partial charge in [-0.1, -0.05) is 12.1 Å². The normalized spacial score (nSPS) is 13.5. The molecule has 0 aliphatic heterocycles. The molecule has 0 spiro atoms. The van der Waals surface area contributed by atoms with E-state index < -0.39 is 0 Å². The fourth-order valence-electron chi connectivity index (χ4n) is 2.81. The lowest BCUT2D eigenvalue weighted by atomic mass is 10.1. The monoisotopic (exact) mass is 374 g/mol. The van der Waals surface area contributed by atoms with Crippen molar-refractivity contribution in [1.82, 2.24) is 10.2 Å². The molecule has 0 bridgehead atoms. The second-order valence-electron chi connectivity index (χ2n) is 6.49. The van der Waals surface area contributed by atoms with Crippen LogP contribution in [0.15, 0.2) is 35.7 Å². The van der Waals surface area contributed by atoms with E-state index >= 15 is 0 Å². The van der Waals surface area contributed by atoms with Gasteiger partial charge in [-0.05, 0) is 48.4 Å². The topological polar surface area (TPSA) is 50.8 Å². The Bertz CT molecular complexity index is 714. The number of thiophene rings is 1. The summed E-state index contributed by atoms with van der Waals surface area (Å²) in [7, 11) is 3.27. The third kappa shape index (κ3) is 5.22. The number of benzene rings is 1. The highest BCUT2D eigenvalue weighted by Crippen LogP contribution is 2.28. The van der Waals surface area contributed by atoms with Gasteiger partial charge >= 0.3 is 0 Å². The molecule has 1 fully saturated rings. The number of ether oxygens (including phenoxy) is 2. The summed E-state index contributed by atoms with van der Waals surface area (Å²) in [6.45, 7) is 1.76. The van der Waals surface area contributed by atoms with Crippen LogP contribution in [0.4, 0.5) is 0 Å². The van der Waals surface area contributed by atoms with Gasteiger partial charge in [-0.15, -0.1) is 11.3 Å². The van der Waals surface area contributed by atoms with E-state index in [1.54, 1.807) is 25.6 Å². The van der Waals surface area contributed by atoms with Crippen molar-refractivity contribution >= 4 is 17.2 Å². The smallest absolute Gasteiger partial charge is 0.236 e. The van der Waals surface area contributed by atoms with Gasteiger partial charge < -0.3 is 19.7 Å². The first-order valence-electron chi connectivity index (χ1n) is 8.94. The van der Waals surface area contributed by atoms with Crippen LogP contribution in [0.2, 0.25) is 0 Å². The van der Waals surface area contributed by atoms with Crippen molar-refractivity contribution in [2.45, 2.75) is 31.8 Å². The fraction of sp³-hybridized carbons (Fsp3) is 0.450. The largest absolute Gasteiger partial charge is 0.493 e. The standard InChI is InChI=1S/C20H26N2O3S/c1-24-18-8-5-15(12-19(18)25-2)9-10-22(14-17-4-3-11-26-17)20(23)13-21-16-6-7-16/h3-5,8,11-12,16,21H,6-7,9-10,13-14H2,1-2H3. The van der Waals surface area contributed by atoms with E-state index in [4.69, 9.17) is 9.47 Å². The van der Waals surface area contributed by atoms with Crippen LogP contribution in [0.25, 0.3) is 0 Å². The van der Waals surface area contributed by atoms with Crippen LogP contribution in [0.1, 0.15) is 23.3 Å². The predicted octanol–water partition coefficient (Wildman–Crippen LogP) is 3.09. The van der Waals surface area contributed by atoms with E-state index in [1.807, 2.05) is 29.2 Å². The summed E-state index contributed by atoms with van der Waals surface area (Å²) in [6.07, 6.45) is 3.15. The van der Waals surface area contributed by atoms with Crippen molar-refractivity contribution in [2.75, 3.05) is 27.3 Å². The lowest BCUT2D eigenvalue weighted by molar-refractivity contribution is -0.130. The molecule has 1 aromatic carbocycles. The van der Waals surface area contributed by atoms with Gasteiger partial charge in [-0.2, -0.15) is 0 Å². The lowest BCUT2D eigenvalue weighted by Crippen LogP contribution is -2.39. The second-order valence-corrected chi connectivity index (χ2v) is 7.52. The number of nitrogens with zero attached hydrogens (tertiary/aromatic N) is 1. The minimum atomic E-state index is 0.158. The van der Waals surface area contributed by atoms with Gasteiger partial charge in [0.2, 0.25) is 5.91 Å². The molecule has 140 valence electrons. The number of carbonyl (C=O) groups excluding carboxylic acids is 1. The summed E-state index contributed by atoms with van der Waals surface area (Å²) >= 11 is 1.69. The van der Waals surface area contributed by atoms with Gasteiger partial charge in [0.1, 0.15) is 0 Å². The van der Waals surface area contributed by atoms with E-state index in [-0.39, 0.29) is 5.91 Å². The Hall–Kier alpha value is -2.05. The van der Waals surface area contributed by atoms with Crippen molar-refractivity contribution in [3.63, 3.8) is 0 Å². The van der Waals surface area contributed by atoms with Gasteiger partial charge in [0.25, 0.3) is 0 Å². The Balaban J connectivity index is 1.63. The summed E-state index contributed by atoms with van der Waals surface area (Å²) in [5, 5.41) is 5.37. The Morgan fingerprint density at radius 2 is 2.04 bits per heavy atom. The Morgan fingerprint density at radius 1 is 1.23 bits per heavy atom. The van der Waals surface area contributed by atoms with Crippen molar-refractivity contribution < 1.29 is 14.3 Å². The number of methoxy groups -OCH3 is 2. The maximum absolute atomic E-state index is 12.7. The van der Waals surface area contributed by atoms with Crippen molar-refractivity contribution in [3.05, 3.63) is 46.2 Å². The third-order valence-corrected chi connectivity index (χ3v) is 5.38. The maximum atomic E-state index is 12.7. The van der Waals surface area contributed by atoms with Crippen molar-refractivity contribution in [1.29, 1.82) is 0 Å². The molecule has 1 aliphatic carbocycles. The maximum Gasteiger partial charge on any atom is 0.236 e. The molecule has 0 unspecified atom stereocenters. The Morgan fingerprint density at radius 3 is 2.69 bits per heavy atom. The number of hydrogen-bond acceptors (Lipinski definition) is 5. The molecule has 0 atom stereocenters. The highest BCUT2D eigenvalue weighted by molar-refractivity contribution is 7.09. The zero-order valence-electron chi connectivity index (χ0n) is 15.4. The molecule has 3 rings (SSSR count). The Kier molecular flexibility index (Phi) is 6.52. The molecule has 1 saturated carbocycles. The van der Waals surface area contributed by atoms with Crippen molar-refractivity contribution in [3.8, 4) is 11.5 Å². The third-order valence-electron chi connectivity index (χ3n) is 4.52. The molecule has 26 heavy (non-hydrogen) atoms. The number of amides is 1. The van der Waals surface area contributed by atoms with E-state index in [0.717, 1.165) is 23.5 Å². The van der Waals surface area contributed by atoms with Crippen LogP contribution in [0.3, 0.4) is 0 Å². The van der Waals surface area contributed by atoms with Crippen LogP contribution in [0.5, 0.6) is 11.5 Å². The van der Waals surface area contributed by atoms with Gasteiger partial charge in [0.15, 0.2) is 11.5 Å². The summed E-state index contributed by atoms with van der Waals surface area (Å²) in [5.74, 6) is 1.60. The van der Waals surface area contributed by atoms with Crippen LogP contribution >= 0.6 is 11.3 Å². The summed E-state index contributed by atoms with van der Waals surface area (Å²) < 4.78 is 10.7. The highest BCUT2D eigenvalue weighted by Gasteiger charge is 2.23. The van der Waals surface area contributed by atoms with Crippen LogP contribution in [0, 0.1) is 0 Å². The van der Waals surface area contributed by atoms with Crippen LogP contribution in [-0.4, -0.2) is 44.2 Å². The van der Waals surface area contributed by atoms with E-state index in [1.165, 1.54) is 17.7 Å². The van der Waals surface area contributed by atoms with E-state index in [9.17, 15) is 4.79 Å². The van der Waals surface area contributed by atoms with Crippen LogP contribution < -0.4 is 14.8 Å². The van der Waals surface area contributed by atoms with Gasteiger partial charge in [-0.3, -0.25) is 4.79 Å². The number of hydrogen-bond donors (Lipinski definition) is 1. The molecule has 1 aromatic heterocycles. The highest BCUT2D eigenvalue weighted by atomic mass is 32.1. The molecule has 1 heterocycles. The molecule has 1 amide bonds. The zero-order chi connectivity index (χ0) is 18.4. The van der Waals surface area contributed by atoms with E-state index in [2.05, 4.69) is 16.8 Å². The average Bonchev–Trinajstić information content (AvgIpc) is 3.36. The molecule has 5 nitrogen and oxygen atoms in total. The zero-order valence-corrected chi connectivity index (χ0v) is 16.2. The number of rotatable bonds is 10. The fourth-order valence-corrected chi connectivity index (χ4v) is 3.53. The van der Waals surface area contributed by atoms with Crippen molar-refractivity contribution in [2.24, 2.45) is 0 Å². The van der Waals surface area contributed by atoms with E-state index in [0.29, 0.717) is 25.7 Å². The molecule has 6 heteroatoms. The molecule has 1 N–H and O–H groups in total. The summed E-state index contributed by atoms with van der Waals surface area (Å²) in [6, 6.07) is 10.6. The Labute approximate surface area is 158 Å². The predicted molar refractivity (Wildman–Crippen MR) is 104 cm³/mol. The summed E-state index contributed by atoms with van der Waals surface area (Å²) in [4.78, 5) is 15.8. The first-order valence-corrected chi connectivity index (χ1v) is 9.82. The quantitative estimate of drug-likeness (QED) is 0.694. The number of nitrogens with one attached hydrogen (secondary N) is 1. The summed E-state index contributed by atoms with van der Waals surface area (Å²) in [5.41, 5.74) is 1.13. The molecule has 1 aliphatic rings. The molecular weight excluding hydrogens is 348 g/mol. The molecule has 0 saturated heterocycles. The van der Waals surface area contributed by atoms with Gasteiger partial charge in [0.05, 0.1) is 27.3 Å². The minimum Gasteiger partial charge on any atom is -0.493 e. The molecular formula is C20H26N2O3S. The first-order chi connectivity index (χ1) is 12.7. The second kappa shape index (κ2) is 9.05.